The van der Waals surface area contributed by atoms with Gasteiger partial charge in [0.2, 0.25) is 0 Å². The summed E-state index contributed by atoms with van der Waals surface area (Å²) >= 11 is 0. The van der Waals surface area contributed by atoms with Crippen molar-refractivity contribution in [2.24, 2.45) is 0 Å². The van der Waals surface area contributed by atoms with Gasteiger partial charge in [-0.15, -0.1) is 0 Å². The molecule has 0 aliphatic carbocycles. The third-order valence-electron chi connectivity index (χ3n) is 1.57. The van der Waals surface area contributed by atoms with E-state index >= 15 is 0 Å². The second-order valence-electron chi connectivity index (χ2n) is 3.19. The topological polar surface area (TPSA) is 56.8 Å². The van der Waals surface area contributed by atoms with E-state index in [0.29, 0.717) is 26.4 Å². The molecule has 0 aromatic heterocycles. The monoisotopic (exact) mass is 251 g/mol. The Morgan fingerprint density at radius 1 is 1.31 bits per heavy atom. The highest BCUT2D eigenvalue weighted by atomic mass is 31.2. The highest BCUT2D eigenvalue weighted by Gasteiger charge is 2.23. The molecule has 0 amide bonds. The predicted octanol–water partition coefficient (Wildman–Crippen LogP) is 2.35. The molecule has 0 unspecified atom stereocenters. The molecule has 6 heteroatoms. The molecule has 0 heterocycles. The number of hydrogen-bond acceptors (Lipinski definition) is 5. The summed E-state index contributed by atoms with van der Waals surface area (Å²) in [6.45, 7) is 10.9. The average Bonchev–Trinajstić information content (AvgIpc) is 2.17. The van der Waals surface area contributed by atoms with E-state index in [4.69, 9.17) is 13.8 Å². The van der Waals surface area contributed by atoms with Crippen molar-refractivity contribution < 1.29 is 18.3 Å². The summed E-state index contributed by atoms with van der Waals surface area (Å²) < 4.78 is 27.3. The Bertz CT molecular complexity index is 235. The van der Waals surface area contributed by atoms with E-state index in [2.05, 4.69) is 11.9 Å². The maximum atomic E-state index is 11.9. The molecule has 0 bridgehead atoms. The van der Waals surface area contributed by atoms with Gasteiger partial charge in [0.1, 0.15) is 6.35 Å². The van der Waals surface area contributed by atoms with Crippen LogP contribution in [0.4, 0.5) is 0 Å². The van der Waals surface area contributed by atoms with Crippen LogP contribution in [0, 0.1) is 0 Å². The van der Waals surface area contributed by atoms with Crippen LogP contribution < -0.4 is 5.32 Å². The zero-order chi connectivity index (χ0) is 12.4. The lowest BCUT2D eigenvalue weighted by molar-refractivity contribution is 0.134. The zero-order valence-electron chi connectivity index (χ0n) is 10.3. The summed E-state index contributed by atoms with van der Waals surface area (Å²) in [6.07, 6.45) is -0.00739. The van der Waals surface area contributed by atoms with Crippen molar-refractivity contribution in [2.75, 3.05) is 32.7 Å². The van der Waals surface area contributed by atoms with E-state index < -0.39 is 7.60 Å². The summed E-state index contributed by atoms with van der Waals surface area (Å²) in [5.74, 6) is 0. The molecule has 0 aromatic rings. The first-order chi connectivity index (χ1) is 7.54. The Labute approximate surface area is 97.7 Å². The van der Waals surface area contributed by atoms with Gasteiger partial charge in [0.15, 0.2) is 0 Å². The standard InChI is InChI=1S/C10H22NO4P/c1-5-14-16(12,15-6-2)9-13-8-7-11-10(3)4/h11H,3,5-9H2,1-2,4H3. The van der Waals surface area contributed by atoms with Crippen molar-refractivity contribution in [1.82, 2.24) is 5.32 Å². The summed E-state index contributed by atoms with van der Waals surface area (Å²) in [7, 11) is -3.06. The first-order valence-corrected chi connectivity index (χ1v) is 7.12. The van der Waals surface area contributed by atoms with Gasteiger partial charge in [0, 0.05) is 12.2 Å². The molecule has 5 nitrogen and oxygen atoms in total. The van der Waals surface area contributed by atoms with Gasteiger partial charge in [-0.25, -0.2) is 0 Å². The first-order valence-electron chi connectivity index (χ1n) is 5.39. The molecule has 0 aliphatic rings. The van der Waals surface area contributed by atoms with Crippen molar-refractivity contribution in [3.05, 3.63) is 12.3 Å². The third-order valence-corrected chi connectivity index (χ3v) is 3.38. The van der Waals surface area contributed by atoms with Crippen molar-refractivity contribution in [2.45, 2.75) is 20.8 Å². The van der Waals surface area contributed by atoms with Gasteiger partial charge in [-0.1, -0.05) is 6.58 Å². The summed E-state index contributed by atoms with van der Waals surface area (Å²) in [5.41, 5.74) is 0.876. The summed E-state index contributed by atoms with van der Waals surface area (Å²) in [4.78, 5) is 0. The molecule has 0 rings (SSSR count). The number of hydrogen-bond donors (Lipinski definition) is 1. The van der Waals surface area contributed by atoms with Gasteiger partial charge in [0.05, 0.1) is 19.8 Å². The van der Waals surface area contributed by atoms with E-state index in [9.17, 15) is 4.57 Å². The Morgan fingerprint density at radius 3 is 2.31 bits per heavy atom. The minimum absolute atomic E-state index is 0.00739. The van der Waals surface area contributed by atoms with Crippen LogP contribution in [0.15, 0.2) is 12.3 Å². The van der Waals surface area contributed by atoms with Crippen LogP contribution in [0.2, 0.25) is 0 Å². The quantitative estimate of drug-likeness (QED) is 0.477. The van der Waals surface area contributed by atoms with Crippen molar-refractivity contribution in [1.29, 1.82) is 0 Å². The lowest BCUT2D eigenvalue weighted by Crippen LogP contribution is -2.17. The van der Waals surface area contributed by atoms with Gasteiger partial charge in [-0.2, -0.15) is 0 Å². The number of allylic oxidation sites excluding steroid dienone is 1. The molecular formula is C10H22NO4P. The van der Waals surface area contributed by atoms with Crippen LogP contribution in [0.1, 0.15) is 20.8 Å². The minimum atomic E-state index is -3.06. The van der Waals surface area contributed by atoms with Gasteiger partial charge >= 0.3 is 7.60 Å². The molecule has 0 aliphatic heterocycles. The largest absolute Gasteiger partial charge is 0.387 e. The number of nitrogens with one attached hydrogen (secondary N) is 1. The first kappa shape index (κ1) is 15.7. The normalized spacial score (nSPS) is 11.4. The van der Waals surface area contributed by atoms with Crippen LogP contribution in [0.3, 0.4) is 0 Å². The van der Waals surface area contributed by atoms with Crippen LogP contribution in [-0.2, 0) is 18.3 Å². The smallest absolute Gasteiger partial charge is 0.356 e. The Morgan fingerprint density at radius 2 is 1.88 bits per heavy atom. The van der Waals surface area contributed by atoms with E-state index in [0.717, 1.165) is 5.70 Å². The van der Waals surface area contributed by atoms with Gasteiger partial charge in [-0.05, 0) is 20.8 Å². The maximum Gasteiger partial charge on any atom is 0.356 e. The van der Waals surface area contributed by atoms with E-state index in [1.165, 1.54) is 0 Å². The SMILES string of the molecule is C=C(C)NCCOCP(=O)(OCC)OCC. The van der Waals surface area contributed by atoms with Crippen molar-refractivity contribution >= 4 is 7.60 Å². The molecule has 16 heavy (non-hydrogen) atoms. The van der Waals surface area contributed by atoms with Crippen LogP contribution >= 0.6 is 7.60 Å². The molecule has 0 aromatic carbocycles. The highest BCUT2D eigenvalue weighted by Crippen LogP contribution is 2.47. The fourth-order valence-corrected chi connectivity index (χ4v) is 2.38. The van der Waals surface area contributed by atoms with Crippen LogP contribution in [-0.4, -0.2) is 32.7 Å². The van der Waals surface area contributed by atoms with Gasteiger partial charge in [0.25, 0.3) is 0 Å². The molecular weight excluding hydrogens is 229 g/mol. The Hall–Kier alpha value is -0.350. The van der Waals surface area contributed by atoms with E-state index in [1.54, 1.807) is 13.8 Å². The second-order valence-corrected chi connectivity index (χ2v) is 5.19. The zero-order valence-corrected chi connectivity index (χ0v) is 11.2. The lowest BCUT2D eigenvalue weighted by atomic mass is 10.5. The van der Waals surface area contributed by atoms with Crippen molar-refractivity contribution in [3.8, 4) is 0 Å². The minimum Gasteiger partial charge on any atom is -0.387 e. The molecule has 0 radical (unpaired) electrons. The lowest BCUT2D eigenvalue weighted by Gasteiger charge is -2.16. The molecule has 0 atom stereocenters. The molecule has 0 fully saturated rings. The fraction of sp³-hybridized carbons (Fsp3) is 0.800. The van der Waals surface area contributed by atoms with Crippen LogP contribution in [0.25, 0.3) is 0 Å². The van der Waals surface area contributed by atoms with Gasteiger partial charge < -0.3 is 19.1 Å². The number of rotatable bonds is 10. The highest BCUT2D eigenvalue weighted by molar-refractivity contribution is 7.53. The maximum absolute atomic E-state index is 11.9. The summed E-state index contributed by atoms with van der Waals surface area (Å²) in [6, 6.07) is 0. The molecule has 0 saturated heterocycles. The second kappa shape index (κ2) is 8.76. The fourth-order valence-electron chi connectivity index (χ4n) is 1.02. The van der Waals surface area contributed by atoms with E-state index in [-0.39, 0.29) is 6.35 Å². The van der Waals surface area contributed by atoms with Gasteiger partial charge in [-0.3, -0.25) is 4.57 Å². The van der Waals surface area contributed by atoms with Crippen molar-refractivity contribution in [3.63, 3.8) is 0 Å². The molecule has 0 saturated carbocycles. The van der Waals surface area contributed by atoms with E-state index in [1.807, 2.05) is 6.92 Å². The predicted molar refractivity (Wildman–Crippen MR) is 64.5 cm³/mol. The average molecular weight is 251 g/mol. The number of ether oxygens (including phenoxy) is 1. The van der Waals surface area contributed by atoms with Crippen LogP contribution in [0.5, 0.6) is 0 Å². The summed E-state index contributed by atoms with van der Waals surface area (Å²) in [5, 5.41) is 3.00. The molecule has 1 N–H and O–H groups in total. The Kier molecular flexibility index (Phi) is 8.57. The Balaban J connectivity index is 3.76. The molecule has 0 spiro atoms. The third kappa shape index (κ3) is 7.88. The molecule has 96 valence electrons.